The Hall–Kier alpha value is -1.93. The molecule has 7 nitrogen and oxygen atoms in total. The summed E-state index contributed by atoms with van der Waals surface area (Å²) >= 11 is 1.66. The summed E-state index contributed by atoms with van der Waals surface area (Å²) in [5.74, 6) is 0.191. The maximum absolute atomic E-state index is 12.0. The van der Waals surface area contributed by atoms with Crippen molar-refractivity contribution in [3.63, 3.8) is 0 Å². The summed E-state index contributed by atoms with van der Waals surface area (Å²) in [6.45, 7) is 6.18. The lowest BCUT2D eigenvalue weighted by atomic mass is 10.2. The number of hydrogen-bond acceptors (Lipinski definition) is 5. The van der Waals surface area contributed by atoms with Crippen LogP contribution in [0.2, 0.25) is 0 Å². The van der Waals surface area contributed by atoms with Gasteiger partial charge in [-0.3, -0.25) is 4.68 Å². The molecule has 0 saturated carbocycles. The summed E-state index contributed by atoms with van der Waals surface area (Å²) in [6.07, 6.45) is 7.75. The minimum Gasteiger partial charge on any atom is -0.376 e. The number of ether oxygens (including phenoxy) is 1. The number of nitrogens with zero attached hydrogens (tertiary/aromatic N) is 3. The molecule has 3 rings (SSSR count). The molecule has 2 atom stereocenters. The molecule has 1 saturated heterocycles. The molecule has 2 aromatic heterocycles. The molecule has 24 heavy (non-hydrogen) atoms. The van der Waals surface area contributed by atoms with Crippen molar-refractivity contribution >= 4 is 23.1 Å². The summed E-state index contributed by atoms with van der Waals surface area (Å²) < 4.78 is 7.40. The van der Waals surface area contributed by atoms with Gasteiger partial charge < -0.3 is 15.4 Å². The van der Waals surface area contributed by atoms with E-state index in [0.29, 0.717) is 12.2 Å². The molecular formula is C16H23N5O2S. The number of nitrogens with one attached hydrogen (secondary N) is 2. The molecule has 1 aliphatic rings. The number of carbonyl (C=O) groups excluding carboxylic acids is 1. The summed E-state index contributed by atoms with van der Waals surface area (Å²) in [4.78, 5) is 17.5. The van der Waals surface area contributed by atoms with Crippen molar-refractivity contribution in [1.29, 1.82) is 0 Å². The Bertz CT molecular complexity index is 678. The molecule has 130 valence electrons. The molecule has 2 N–H and O–H groups in total. The maximum atomic E-state index is 12.0. The Morgan fingerprint density at radius 3 is 3.12 bits per heavy atom. The van der Waals surface area contributed by atoms with Gasteiger partial charge in [-0.1, -0.05) is 6.92 Å². The van der Waals surface area contributed by atoms with Gasteiger partial charge in [0.1, 0.15) is 0 Å². The largest absolute Gasteiger partial charge is 0.376 e. The predicted molar refractivity (Wildman–Crippen MR) is 93.5 cm³/mol. The van der Waals surface area contributed by atoms with Crippen LogP contribution in [0.3, 0.4) is 0 Å². The van der Waals surface area contributed by atoms with Crippen LogP contribution in [0.1, 0.15) is 35.6 Å². The van der Waals surface area contributed by atoms with E-state index in [4.69, 9.17) is 4.74 Å². The van der Waals surface area contributed by atoms with Crippen LogP contribution >= 0.6 is 11.3 Å². The highest BCUT2D eigenvalue weighted by Crippen LogP contribution is 2.20. The molecule has 0 bridgehead atoms. The number of urea groups is 1. The van der Waals surface area contributed by atoms with E-state index >= 15 is 0 Å². The van der Waals surface area contributed by atoms with Crippen LogP contribution in [0.4, 0.5) is 10.5 Å². The van der Waals surface area contributed by atoms with Crippen LogP contribution < -0.4 is 10.6 Å². The zero-order valence-corrected chi connectivity index (χ0v) is 14.8. The van der Waals surface area contributed by atoms with Crippen molar-refractivity contribution in [2.24, 2.45) is 0 Å². The first-order chi connectivity index (χ1) is 11.6. The lowest BCUT2D eigenvalue weighted by Gasteiger charge is -2.10. The van der Waals surface area contributed by atoms with Gasteiger partial charge in [0.25, 0.3) is 0 Å². The number of amides is 2. The molecule has 1 aliphatic heterocycles. The average molecular weight is 349 g/mol. The number of aromatic nitrogens is 3. The van der Waals surface area contributed by atoms with Crippen LogP contribution in [-0.2, 0) is 11.3 Å². The Morgan fingerprint density at radius 2 is 2.42 bits per heavy atom. The van der Waals surface area contributed by atoms with Crippen LogP contribution in [0.5, 0.6) is 0 Å². The second-order valence-electron chi connectivity index (χ2n) is 6.13. The predicted octanol–water partition coefficient (Wildman–Crippen LogP) is 2.75. The van der Waals surface area contributed by atoms with Gasteiger partial charge in [-0.2, -0.15) is 5.10 Å². The SMILES string of the molecule is Cc1cnc([C@H](C)CNC(=O)Nc2cnn(C[C@@H]3CCCO3)c2)s1. The fourth-order valence-corrected chi connectivity index (χ4v) is 3.46. The Morgan fingerprint density at radius 1 is 1.54 bits per heavy atom. The van der Waals surface area contributed by atoms with Crippen molar-refractivity contribution in [2.45, 2.75) is 45.3 Å². The van der Waals surface area contributed by atoms with Crippen LogP contribution in [0.15, 0.2) is 18.6 Å². The van der Waals surface area contributed by atoms with Gasteiger partial charge in [-0.05, 0) is 19.8 Å². The topological polar surface area (TPSA) is 81.1 Å². The van der Waals surface area contributed by atoms with E-state index in [0.717, 1.165) is 31.0 Å². The molecule has 0 spiro atoms. The standard InChI is InChI=1S/C16H23N5O2S/c1-11(15-17-7-12(2)24-15)6-18-16(22)20-13-8-19-21(9-13)10-14-4-3-5-23-14/h7-9,11,14H,3-6,10H2,1-2H3,(H2,18,20,22)/t11-,14+/m1/s1. The van der Waals surface area contributed by atoms with Gasteiger partial charge in [0.2, 0.25) is 0 Å². The van der Waals surface area contributed by atoms with Crippen molar-refractivity contribution in [2.75, 3.05) is 18.5 Å². The first-order valence-electron chi connectivity index (χ1n) is 8.21. The monoisotopic (exact) mass is 349 g/mol. The van der Waals surface area contributed by atoms with Crippen molar-refractivity contribution in [3.8, 4) is 0 Å². The zero-order chi connectivity index (χ0) is 16.9. The molecule has 8 heteroatoms. The highest BCUT2D eigenvalue weighted by atomic mass is 32.1. The van der Waals surface area contributed by atoms with E-state index in [2.05, 4.69) is 27.6 Å². The number of rotatable bonds is 6. The van der Waals surface area contributed by atoms with Gasteiger partial charge in [-0.15, -0.1) is 11.3 Å². The maximum Gasteiger partial charge on any atom is 0.319 e. The first kappa shape index (κ1) is 16.9. The molecule has 0 radical (unpaired) electrons. The molecule has 0 aromatic carbocycles. The third-order valence-corrected chi connectivity index (χ3v) is 5.08. The van der Waals surface area contributed by atoms with E-state index in [1.54, 1.807) is 17.5 Å². The van der Waals surface area contributed by atoms with Gasteiger partial charge in [0.05, 0.1) is 29.5 Å². The third-order valence-electron chi connectivity index (χ3n) is 3.94. The number of carbonyl (C=O) groups is 1. The normalized spacial score (nSPS) is 18.5. The molecule has 0 unspecified atom stereocenters. The fraction of sp³-hybridized carbons (Fsp3) is 0.562. The Balaban J connectivity index is 1.43. The summed E-state index contributed by atoms with van der Waals surface area (Å²) in [5.41, 5.74) is 0.684. The van der Waals surface area contributed by atoms with E-state index in [1.165, 1.54) is 4.88 Å². The van der Waals surface area contributed by atoms with Crippen molar-refractivity contribution < 1.29 is 9.53 Å². The number of anilines is 1. The summed E-state index contributed by atoms with van der Waals surface area (Å²) in [6, 6.07) is -0.230. The lowest BCUT2D eigenvalue weighted by Crippen LogP contribution is -2.31. The van der Waals surface area contributed by atoms with Gasteiger partial charge >= 0.3 is 6.03 Å². The Labute approximate surface area is 145 Å². The smallest absolute Gasteiger partial charge is 0.319 e. The van der Waals surface area contributed by atoms with Crippen molar-refractivity contribution in [3.05, 3.63) is 28.5 Å². The average Bonchev–Trinajstić information content (AvgIpc) is 3.28. The minimum atomic E-state index is -0.230. The van der Waals surface area contributed by atoms with Crippen molar-refractivity contribution in [1.82, 2.24) is 20.1 Å². The number of hydrogen-bond donors (Lipinski definition) is 2. The summed E-state index contributed by atoms with van der Waals surface area (Å²) in [7, 11) is 0. The molecule has 3 heterocycles. The van der Waals surface area contributed by atoms with E-state index < -0.39 is 0 Å². The van der Waals surface area contributed by atoms with E-state index in [9.17, 15) is 4.79 Å². The third kappa shape index (κ3) is 4.55. The molecular weight excluding hydrogens is 326 g/mol. The van der Waals surface area contributed by atoms with Gasteiger partial charge in [0.15, 0.2) is 0 Å². The number of aryl methyl sites for hydroxylation is 1. The minimum absolute atomic E-state index is 0.191. The molecule has 2 amide bonds. The fourth-order valence-electron chi connectivity index (χ4n) is 2.63. The molecule has 2 aromatic rings. The summed E-state index contributed by atoms with van der Waals surface area (Å²) in [5, 5.41) is 11.0. The van der Waals surface area contributed by atoms with Crippen LogP contribution in [-0.4, -0.2) is 40.1 Å². The molecule has 1 fully saturated rings. The number of thiazole rings is 1. The first-order valence-corrected chi connectivity index (χ1v) is 9.03. The van der Waals surface area contributed by atoms with Crippen LogP contribution in [0.25, 0.3) is 0 Å². The highest BCUT2D eigenvalue weighted by molar-refractivity contribution is 7.11. The Kier molecular flexibility index (Phi) is 5.47. The lowest BCUT2D eigenvalue weighted by molar-refractivity contribution is 0.0940. The zero-order valence-electron chi connectivity index (χ0n) is 14.0. The van der Waals surface area contributed by atoms with E-state index in [-0.39, 0.29) is 18.1 Å². The second-order valence-corrected chi connectivity index (χ2v) is 7.40. The second kappa shape index (κ2) is 7.76. The molecule has 0 aliphatic carbocycles. The van der Waals surface area contributed by atoms with Gasteiger partial charge in [-0.25, -0.2) is 9.78 Å². The van der Waals surface area contributed by atoms with Gasteiger partial charge in [0, 0.05) is 36.3 Å². The quantitative estimate of drug-likeness (QED) is 0.840. The highest BCUT2D eigenvalue weighted by Gasteiger charge is 2.17. The van der Waals surface area contributed by atoms with Crippen LogP contribution in [0, 0.1) is 6.92 Å². The van der Waals surface area contributed by atoms with E-state index in [1.807, 2.05) is 24.0 Å².